The lowest BCUT2D eigenvalue weighted by atomic mass is 9.95. The molecule has 0 aromatic carbocycles. The highest BCUT2D eigenvalue weighted by molar-refractivity contribution is 7.98. The second-order valence-electron chi connectivity index (χ2n) is 11.8. The van der Waals surface area contributed by atoms with Crippen molar-refractivity contribution in [1.82, 2.24) is 30.0 Å². The van der Waals surface area contributed by atoms with Crippen LogP contribution in [-0.4, -0.2) is 111 Å². The molecule has 39 heavy (non-hydrogen) atoms. The smallest absolute Gasteiger partial charge is 0.407 e. The van der Waals surface area contributed by atoms with Gasteiger partial charge in [-0.2, -0.15) is 11.8 Å². The number of hydrogen-bond donors (Lipinski definition) is 3. The summed E-state index contributed by atoms with van der Waals surface area (Å²) in [6, 6.07) is -0.885. The fraction of sp³-hybridized carbons (Fsp3) is 0.741. The molecule has 0 unspecified atom stereocenters. The first-order chi connectivity index (χ1) is 18.4. The van der Waals surface area contributed by atoms with Gasteiger partial charge in [0.15, 0.2) is 0 Å². The molecule has 12 heteroatoms. The van der Waals surface area contributed by atoms with Crippen molar-refractivity contribution in [2.75, 3.05) is 56.6 Å². The van der Waals surface area contributed by atoms with Crippen LogP contribution in [0.4, 0.5) is 15.4 Å². The number of anilines is 1. The number of likely N-dealkylation sites (tertiary alicyclic amines) is 1. The molecular weight excluding hydrogens is 518 g/mol. The number of carboxylic acid groups (broad SMARTS) is 1. The number of nitrogens with one attached hydrogen (secondary N) is 2. The number of aromatic nitrogens is 2. The molecule has 2 saturated heterocycles. The van der Waals surface area contributed by atoms with Gasteiger partial charge < -0.3 is 30.4 Å². The summed E-state index contributed by atoms with van der Waals surface area (Å²) in [5, 5.41) is 16.2. The molecular formula is C27H45N7O4S. The minimum absolute atomic E-state index is 0.152. The van der Waals surface area contributed by atoms with E-state index in [1.165, 1.54) is 4.90 Å². The maximum atomic E-state index is 14.2. The van der Waals surface area contributed by atoms with Gasteiger partial charge in [0, 0.05) is 50.9 Å². The highest BCUT2D eigenvalue weighted by Gasteiger charge is 2.40. The highest BCUT2D eigenvalue weighted by Crippen LogP contribution is 2.27. The van der Waals surface area contributed by atoms with Crippen LogP contribution in [0.3, 0.4) is 0 Å². The van der Waals surface area contributed by atoms with E-state index >= 15 is 0 Å². The minimum Gasteiger partial charge on any atom is -0.465 e. The van der Waals surface area contributed by atoms with Crippen molar-refractivity contribution in [3.63, 3.8) is 0 Å². The van der Waals surface area contributed by atoms with Crippen LogP contribution in [0.2, 0.25) is 0 Å². The highest BCUT2D eigenvalue weighted by atomic mass is 32.2. The van der Waals surface area contributed by atoms with Crippen molar-refractivity contribution < 1.29 is 19.5 Å². The number of piperidine rings is 1. The summed E-state index contributed by atoms with van der Waals surface area (Å²) in [7, 11) is 0. The molecule has 2 aliphatic rings. The number of urea groups is 1. The Morgan fingerprint density at radius 3 is 2.67 bits per heavy atom. The van der Waals surface area contributed by atoms with Crippen LogP contribution in [0.15, 0.2) is 6.20 Å². The third-order valence-electron chi connectivity index (χ3n) is 7.00. The van der Waals surface area contributed by atoms with Gasteiger partial charge in [0.25, 0.3) is 5.91 Å². The van der Waals surface area contributed by atoms with E-state index in [0.29, 0.717) is 49.8 Å². The second kappa shape index (κ2) is 13.5. The number of hydrogen-bond acceptors (Lipinski definition) is 7. The number of amides is 4. The van der Waals surface area contributed by atoms with E-state index in [1.807, 2.05) is 34.6 Å². The van der Waals surface area contributed by atoms with E-state index in [2.05, 4.69) is 21.9 Å². The van der Waals surface area contributed by atoms with Crippen LogP contribution in [0.1, 0.15) is 70.1 Å². The topological polar surface area (TPSA) is 131 Å². The van der Waals surface area contributed by atoms with Gasteiger partial charge >= 0.3 is 12.1 Å². The zero-order chi connectivity index (χ0) is 28.7. The van der Waals surface area contributed by atoms with Crippen LogP contribution in [0.5, 0.6) is 0 Å². The Hall–Kier alpha value is -2.76. The van der Waals surface area contributed by atoms with Crippen LogP contribution >= 0.6 is 11.8 Å². The lowest BCUT2D eigenvalue weighted by molar-refractivity contribution is 0.0311. The predicted octanol–water partition coefficient (Wildman–Crippen LogP) is 3.57. The van der Waals surface area contributed by atoms with Crippen LogP contribution in [0, 0.1) is 5.92 Å². The van der Waals surface area contributed by atoms with Crippen molar-refractivity contribution in [2.24, 2.45) is 5.92 Å². The monoisotopic (exact) mass is 563 g/mol. The maximum Gasteiger partial charge on any atom is 0.407 e. The lowest BCUT2D eigenvalue weighted by Gasteiger charge is -2.46. The molecule has 1 aromatic heterocycles. The average Bonchev–Trinajstić information content (AvgIpc) is 2.88. The molecule has 2 fully saturated rings. The molecule has 4 amide bonds. The molecule has 0 saturated carbocycles. The summed E-state index contributed by atoms with van der Waals surface area (Å²) >= 11 is 1.77. The summed E-state index contributed by atoms with van der Waals surface area (Å²) in [6.45, 7) is 12.9. The van der Waals surface area contributed by atoms with E-state index in [1.54, 1.807) is 27.8 Å². The van der Waals surface area contributed by atoms with E-state index < -0.39 is 12.1 Å². The number of carbonyl (C=O) groups is 3. The number of nitrogens with zero attached hydrogens (tertiary/aromatic N) is 5. The molecule has 0 aliphatic carbocycles. The molecule has 218 valence electrons. The van der Waals surface area contributed by atoms with Gasteiger partial charge in [-0.15, -0.1) is 0 Å². The third-order valence-corrected chi connectivity index (χ3v) is 7.70. The lowest BCUT2D eigenvalue weighted by Crippen LogP contribution is -2.62. The largest absolute Gasteiger partial charge is 0.465 e. The molecule has 2 aliphatic heterocycles. The maximum absolute atomic E-state index is 14.2. The fourth-order valence-corrected chi connectivity index (χ4v) is 5.49. The first-order valence-corrected chi connectivity index (χ1v) is 15.2. The fourth-order valence-electron chi connectivity index (χ4n) is 5.05. The van der Waals surface area contributed by atoms with Gasteiger partial charge in [-0.3, -0.25) is 4.79 Å². The van der Waals surface area contributed by atoms with E-state index in [0.717, 1.165) is 18.6 Å². The zero-order valence-corrected chi connectivity index (χ0v) is 25.0. The molecule has 3 N–H and O–H groups in total. The quantitative estimate of drug-likeness (QED) is 0.368. The van der Waals surface area contributed by atoms with Gasteiger partial charge in [0.1, 0.15) is 17.2 Å². The number of thioether (sulfide) groups is 1. The Bertz CT molecular complexity index is 1020. The molecule has 3 heterocycles. The van der Waals surface area contributed by atoms with Gasteiger partial charge in [-0.1, -0.05) is 34.6 Å². The Balaban J connectivity index is 1.96. The number of carbonyl (C=O) groups excluding carboxylic acids is 2. The molecule has 2 atom stereocenters. The van der Waals surface area contributed by atoms with E-state index in [-0.39, 0.29) is 42.4 Å². The summed E-state index contributed by atoms with van der Waals surface area (Å²) in [4.78, 5) is 53.1. The summed E-state index contributed by atoms with van der Waals surface area (Å²) in [5.74, 6) is 2.07. The van der Waals surface area contributed by atoms with Crippen molar-refractivity contribution in [3.8, 4) is 0 Å². The standard InChI is InChI=1S/C27H45N7O4S/c1-18(2)15-34(20-13-19(16-32(17-20)26(37)38)33-11-7-9-29-25(33)36)23(35)21-14-30-24(27(3,4)5)31-22(21)28-10-8-12-39-6/h14,18-20H,7-13,15-17H2,1-6H3,(H,29,36)(H,37,38)(H,28,30,31)/t19-,20+/m1/s1. The second-order valence-corrected chi connectivity index (χ2v) is 12.8. The third kappa shape index (κ3) is 8.12. The predicted molar refractivity (Wildman–Crippen MR) is 155 cm³/mol. The SMILES string of the molecule is CSCCCNc1nc(C(C)(C)C)ncc1C(=O)N(CC(C)C)[C@H]1C[C@@H](N2CCCNC2=O)CN(C(=O)O)C1. The van der Waals surface area contributed by atoms with Gasteiger partial charge in [-0.05, 0) is 37.2 Å². The minimum atomic E-state index is -1.05. The van der Waals surface area contributed by atoms with Gasteiger partial charge in [0.05, 0.1) is 12.1 Å². The van der Waals surface area contributed by atoms with Crippen molar-refractivity contribution in [2.45, 2.75) is 71.4 Å². The van der Waals surface area contributed by atoms with E-state index in [9.17, 15) is 19.5 Å². The first kappa shape index (κ1) is 30.8. The van der Waals surface area contributed by atoms with Crippen molar-refractivity contribution in [3.05, 3.63) is 17.6 Å². The molecule has 1 aromatic rings. The Morgan fingerprint density at radius 2 is 2.05 bits per heavy atom. The molecule has 11 nitrogen and oxygen atoms in total. The molecule has 0 radical (unpaired) electrons. The Morgan fingerprint density at radius 1 is 1.31 bits per heavy atom. The van der Waals surface area contributed by atoms with Crippen molar-refractivity contribution >= 4 is 35.6 Å². The first-order valence-electron chi connectivity index (χ1n) is 13.9. The summed E-state index contributed by atoms with van der Waals surface area (Å²) in [6.07, 6.45) is 4.85. The Kier molecular flexibility index (Phi) is 10.7. The van der Waals surface area contributed by atoms with Gasteiger partial charge in [0.2, 0.25) is 0 Å². The summed E-state index contributed by atoms with van der Waals surface area (Å²) < 4.78 is 0. The van der Waals surface area contributed by atoms with E-state index in [4.69, 9.17) is 4.98 Å². The zero-order valence-electron chi connectivity index (χ0n) is 24.2. The Labute approximate surface area is 236 Å². The van der Waals surface area contributed by atoms with Gasteiger partial charge in [-0.25, -0.2) is 19.6 Å². The molecule has 0 spiro atoms. The van der Waals surface area contributed by atoms with Crippen molar-refractivity contribution in [1.29, 1.82) is 0 Å². The molecule has 0 bridgehead atoms. The van der Waals surface area contributed by atoms with Crippen LogP contribution in [-0.2, 0) is 5.41 Å². The summed E-state index contributed by atoms with van der Waals surface area (Å²) in [5.41, 5.74) is 0.0928. The van der Waals surface area contributed by atoms with Crippen LogP contribution in [0.25, 0.3) is 0 Å². The average molecular weight is 564 g/mol. The molecule has 3 rings (SSSR count). The number of rotatable bonds is 10. The van der Waals surface area contributed by atoms with Crippen LogP contribution < -0.4 is 10.6 Å². The normalized spacial score (nSPS) is 20.1.